The maximum atomic E-state index is 11.9. The van der Waals surface area contributed by atoms with Crippen molar-refractivity contribution < 1.29 is 8.42 Å². The Morgan fingerprint density at radius 1 is 1.53 bits per heavy atom. The molecule has 0 saturated heterocycles. The highest BCUT2D eigenvalue weighted by atomic mass is 32.2. The number of aromatic amines is 1. The first-order chi connectivity index (χ1) is 7.99. The normalized spacial score (nSPS) is 11.8. The Morgan fingerprint density at radius 3 is 2.82 bits per heavy atom. The molecule has 2 aromatic heterocycles. The molecule has 6 nitrogen and oxygen atoms in total. The first kappa shape index (κ1) is 12.4. The van der Waals surface area contributed by atoms with E-state index >= 15 is 0 Å². The zero-order valence-electron chi connectivity index (χ0n) is 8.76. The molecule has 0 spiro atoms. The van der Waals surface area contributed by atoms with Crippen LogP contribution in [0.25, 0.3) is 0 Å². The van der Waals surface area contributed by atoms with Crippen LogP contribution in [0, 0.1) is 6.92 Å². The highest BCUT2D eigenvalue weighted by Crippen LogP contribution is 2.15. The second-order valence-electron chi connectivity index (χ2n) is 3.23. The molecule has 0 unspecified atom stereocenters. The molecule has 0 radical (unpaired) electrons. The van der Waals surface area contributed by atoms with Crippen molar-refractivity contribution in [3.8, 4) is 0 Å². The Hall–Kier alpha value is -1.03. The van der Waals surface area contributed by atoms with Crippen LogP contribution in [-0.2, 0) is 16.6 Å². The summed E-state index contributed by atoms with van der Waals surface area (Å²) in [7, 11) is -3.64. The van der Waals surface area contributed by atoms with Gasteiger partial charge in [-0.15, -0.1) is 11.3 Å². The Morgan fingerprint density at radius 2 is 2.29 bits per heavy atom. The number of hydrogen-bond acceptors (Lipinski definition) is 6. The molecular weight excluding hydrogens is 282 g/mol. The topological polar surface area (TPSA) is 91.9 Å². The maximum Gasteiger partial charge on any atom is 0.305 e. The summed E-state index contributed by atoms with van der Waals surface area (Å²) in [5.74, 6) is 0. The van der Waals surface area contributed by atoms with Crippen LogP contribution < -0.4 is 9.60 Å². The van der Waals surface area contributed by atoms with E-state index in [2.05, 4.69) is 14.7 Å². The molecule has 17 heavy (non-hydrogen) atoms. The Bertz CT molecular complexity index is 654. The summed E-state index contributed by atoms with van der Waals surface area (Å²) in [4.78, 5) is 17.1. The predicted molar refractivity (Wildman–Crippen MR) is 65.8 cm³/mol. The van der Waals surface area contributed by atoms with E-state index in [1.165, 1.54) is 11.3 Å². The van der Waals surface area contributed by atoms with Crippen LogP contribution in [0.2, 0.25) is 0 Å². The van der Waals surface area contributed by atoms with E-state index in [4.69, 9.17) is 0 Å². The minimum atomic E-state index is -3.64. The van der Waals surface area contributed by atoms with E-state index in [-0.39, 0.29) is 15.6 Å². The number of aromatic nitrogens is 2. The van der Waals surface area contributed by atoms with Crippen molar-refractivity contribution >= 4 is 32.7 Å². The fraction of sp³-hybridized carbons (Fsp3) is 0.250. The fourth-order valence-corrected chi connectivity index (χ4v) is 4.11. The van der Waals surface area contributed by atoms with Gasteiger partial charge in [0.05, 0.1) is 17.7 Å². The van der Waals surface area contributed by atoms with Crippen molar-refractivity contribution in [1.29, 1.82) is 0 Å². The van der Waals surface area contributed by atoms with Crippen LogP contribution in [0.1, 0.15) is 11.4 Å². The van der Waals surface area contributed by atoms with Crippen molar-refractivity contribution in [1.82, 2.24) is 14.7 Å². The van der Waals surface area contributed by atoms with Gasteiger partial charge in [0.15, 0.2) is 4.21 Å². The summed E-state index contributed by atoms with van der Waals surface area (Å²) in [5, 5.41) is 1.76. The van der Waals surface area contributed by atoms with Gasteiger partial charge < -0.3 is 4.98 Å². The van der Waals surface area contributed by atoms with Gasteiger partial charge in [-0.1, -0.05) is 11.3 Å². The van der Waals surface area contributed by atoms with Crippen molar-refractivity contribution in [3.63, 3.8) is 0 Å². The average Bonchev–Trinajstić information content (AvgIpc) is 2.85. The van der Waals surface area contributed by atoms with Crippen molar-refractivity contribution in [2.75, 3.05) is 0 Å². The quantitative estimate of drug-likeness (QED) is 0.866. The van der Waals surface area contributed by atoms with E-state index in [1.807, 2.05) is 0 Å². The molecule has 0 bridgehead atoms. The van der Waals surface area contributed by atoms with Crippen LogP contribution in [0.4, 0.5) is 0 Å². The van der Waals surface area contributed by atoms with Gasteiger partial charge in [-0.2, -0.15) is 0 Å². The molecule has 0 amide bonds. The van der Waals surface area contributed by atoms with Gasteiger partial charge in [0, 0.05) is 11.1 Å². The third-order valence-electron chi connectivity index (χ3n) is 1.95. The number of thiazole rings is 2. The zero-order chi connectivity index (χ0) is 12.5. The fourth-order valence-electron chi connectivity index (χ4n) is 1.21. The lowest BCUT2D eigenvalue weighted by molar-refractivity contribution is 0.582. The van der Waals surface area contributed by atoms with Crippen molar-refractivity contribution in [3.05, 3.63) is 31.9 Å². The van der Waals surface area contributed by atoms with Gasteiger partial charge in [-0.25, -0.2) is 18.1 Å². The van der Waals surface area contributed by atoms with Crippen LogP contribution in [0.3, 0.4) is 0 Å². The van der Waals surface area contributed by atoms with Crippen LogP contribution in [0.5, 0.6) is 0 Å². The second kappa shape index (κ2) is 4.69. The largest absolute Gasteiger partial charge is 0.315 e. The van der Waals surface area contributed by atoms with Crippen LogP contribution in [-0.4, -0.2) is 18.4 Å². The van der Waals surface area contributed by atoms with Crippen LogP contribution >= 0.6 is 22.7 Å². The average molecular weight is 291 g/mol. The van der Waals surface area contributed by atoms with Gasteiger partial charge in [-0.3, -0.25) is 4.79 Å². The summed E-state index contributed by atoms with van der Waals surface area (Å²) in [6.07, 6.45) is 0. The van der Waals surface area contributed by atoms with Gasteiger partial charge in [0.1, 0.15) is 0 Å². The maximum absolute atomic E-state index is 11.9. The molecule has 2 N–H and O–H groups in total. The zero-order valence-corrected chi connectivity index (χ0v) is 11.2. The molecule has 0 aromatic carbocycles. The van der Waals surface area contributed by atoms with E-state index in [0.29, 0.717) is 22.7 Å². The summed E-state index contributed by atoms with van der Waals surface area (Å²) in [6.45, 7) is 1.67. The molecule has 2 aromatic rings. The van der Waals surface area contributed by atoms with Crippen molar-refractivity contribution in [2.24, 2.45) is 0 Å². The number of rotatable bonds is 4. The van der Waals surface area contributed by atoms with E-state index in [1.54, 1.807) is 17.8 Å². The molecule has 0 atom stereocenters. The molecule has 2 rings (SSSR count). The highest BCUT2D eigenvalue weighted by Gasteiger charge is 2.20. The summed E-state index contributed by atoms with van der Waals surface area (Å²) < 4.78 is 26.2. The Labute approximate surface area is 105 Å². The van der Waals surface area contributed by atoms with Gasteiger partial charge >= 0.3 is 4.87 Å². The Balaban J connectivity index is 2.20. The minimum absolute atomic E-state index is 0.0257. The Kier molecular flexibility index (Phi) is 3.43. The molecule has 0 aliphatic heterocycles. The third kappa shape index (κ3) is 2.80. The van der Waals surface area contributed by atoms with E-state index in [0.717, 1.165) is 0 Å². The molecule has 2 heterocycles. The number of aryl methyl sites for hydroxylation is 1. The predicted octanol–water partition coefficient (Wildman–Crippen LogP) is 0.680. The lowest BCUT2D eigenvalue weighted by Gasteiger charge is -2.03. The first-order valence-electron chi connectivity index (χ1n) is 4.55. The molecule has 92 valence electrons. The van der Waals surface area contributed by atoms with Gasteiger partial charge in [0.25, 0.3) is 10.0 Å². The number of hydrogen-bond donors (Lipinski definition) is 2. The molecule has 0 saturated carbocycles. The molecule has 9 heteroatoms. The smallest absolute Gasteiger partial charge is 0.305 e. The summed E-state index contributed by atoms with van der Waals surface area (Å²) >= 11 is 2.07. The number of H-pyrrole nitrogens is 1. The summed E-state index contributed by atoms with van der Waals surface area (Å²) in [6, 6.07) is 0. The SMILES string of the molecule is Cc1[nH]c(=O)sc1S(=O)(=O)NCc1cscn1. The minimum Gasteiger partial charge on any atom is -0.315 e. The standard InChI is InChI=1S/C8H9N3O3S3/c1-5-7(16-8(12)11-5)17(13,14)10-2-6-3-15-4-9-6/h3-4,10H,2H2,1H3,(H,11,12). The molecule has 0 aliphatic rings. The lowest BCUT2D eigenvalue weighted by atomic mass is 10.5. The van der Waals surface area contributed by atoms with E-state index < -0.39 is 10.0 Å². The number of nitrogens with zero attached hydrogens (tertiary/aromatic N) is 1. The molecule has 0 fully saturated rings. The molecular formula is C8H9N3O3S3. The number of sulfonamides is 1. The first-order valence-corrected chi connectivity index (χ1v) is 7.80. The summed E-state index contributed by atoms with van der Waals surface area (Å²) in [5.41, 5.74) is 2.63. The third-order valence-corrected chi connectivity index (χ3v) is 5.59. The van der Waals surface area contributed by atoms with Gasteiger partial charge in [0.2, 0.25) is 0 Å². The van der Waals surface area contributed by atoms with E-state index in [9.17, 15) is 13.2 Å². The van der Waals surface area contributed by atoms with Gasteiger partial charge in [-0.05, 0) is 6.92 Å². The van der Waals surface area contributed by atoms with Crippen LogP contribution in [0.15, 0.2) is 19.9 Å². The van der Waals surface area contributed by atoms with Crippen molar-refractivity contribution in [2.45, 2.75) is 17.7 Å². The molecule has 0 aliphatic carbocycles. The monoisotopic (exact) mass is 291 g/mol. The highest BCUT2D eigenvalue weighted by molar-refractivity contribution is 7.91. The lowest BCUT2D eigenvalue weighted by Crippen LogP contribution is -2.23. The second-order valence-corrected chi connectivity index (χ2v) is 6.90. The number of nitrogens with one attached hydrogen (secondary N) is 2.